The molecule has 0 aliphatic heterocycles. The van der Waals surface area contributed by atoms with Crippen LogP contribution in [0.2, 0.25) is 6.55 Å². The van der Waals surface area contributed by atoms with Gasteiger partial charge < -0.3 is 5.11 Å². The van der Waals surface area contributed by atoms with Crippen LogP contribution in [0.25, 0.3) is 0 Å². The van der Waals surface area contributed by atoms with Crippen LogP contribution in [0.1, 0.15) is 0 Å². The van der Waals surface area contributed by atoms with Crippen LogP contribution in [0.15, 0.2) is 0 Å². The zero-order valence-corrected chi connectivity index (χ0v) is 7.04. The van der Waals surface area contributed by atoms with Crippen molar-refractivity contribution in [3.63, 3.8) is 0 Å². The van der Waals surface area contributed by atoms with Gasteiger partial charge in [0, 0.05) is 7.05 Å². The molecule has 0 unspecified atom stereocenters. The molecule has 0 aromatic heterocycles. The normalized spacial score (nSPS) is 10.4. The third-order valence-electron chi connectivity index (χ3n) is 0.758. The fourth-order valence-electron chi connectivity index (χ4n) is 0.283. The van der Waals surface area contributed by atoms with Crippen LogP contribution in [0.3, 0.4) is 0 Å². The Labute approximate surface area is 56.2 Å². The molecule has 54 valence electrons. The molecule has 0 fully saturated rings. The Balaban J connectivity index is 3.27. The van der Waals surface area contributed by atoms with Gasteiger partial charge in [-0.1, -0.05) is 6.55 Å². The highest BCUT2D eigenvalue weighted by molar-refractivity contribution is 6.33. The maximum atomic E-state index is 10.0. The third kappa shape index (κ3) is 3.98. The van der Waals surface area contributed by atoms with E-state index in [1.54, 1.807) is 0 Å². The van der Waals surface area contributed by atoms with E-state index in [2.05, 4.69) is 6.55 Å². The SMILES string of the molecule is C[SiH2]CON(C)C(=O)O. The Kier molecular flexibility index (Phi) is 4.07. The maximum absolute atomic E-state index is 10.0. The van der Waals surface area contributed by atoms with Gasteiger partial charge in [-0.15, -0.1) is 0 Å². The highest BCUT2D eigenvalue weighted by atomic mass is 28.2. The summed E-state index contributed by atoms with van der Waals surface area (Å²) in [6, 6.07) is 0. The van der Waals surface area contributed by atoms with E-state index in [1.807, 2.05) is 0 Å². The van der Waals surface area contributed by atoms with Crippen molar-refractivity contribution >= 4 is 15.6 Å². The lowest BCUT2D eigenvalue weighted by atomic mass is 11.1. The van der Waals surface area contributed by atoms with Gasteiger partial charge in [-0.05, 0) is 0 Å². The van der Waals surface area contributed by atoms with Gasteiger partial charge >= 0.3 is 6.09 Å². The molecule has 0 aromatic rings. The Morgan fingerprint density at radius 3 is 2.78 bits per heavy atom. The molecule has 0 saturated carbocycles. The number of amides is 1. The summed E-state index contributed by atoms with van der Waals surface area (Å²) in [5.41, 5.74) is 0. The first-order valence-electron chi connectivity index (χ1n) is 2.78. The average molecular weight is 149 g/mol. The fourth-order valence-corrected chi connectivity index (χ4v) is 0.740. The third-order valence-corrected chi connectivity index (χ3v) is 1.35. The molecular weight excluding hydrogens is 138 g/mol. The van der Waals surface area contributed by atoms with Gasteiger partial charge in [0.2, 0.25) is 0 Å². The van der Waals surface area contributed by atoms with Gasteiger partial charge in [-0.2, -0.15) is 5.06 Å². The van der Waals surface area contributed by atoms with E-state index >= 15 is 0 Å². The first-order valence-corrected chi connectivity index (χ1v) is 5.19. The molecule has 5 heteroatoms. The van der Waals surface area contributed by atoms with Crippen LogP contribution in [0, 0.1) is 0 Å². The fraction of sp³-hybridized carbons (Fsp3) is 0.750. The van der Waals surface area contributed by atoms with Gasteiger partial charge in [0.25, 0.3) is 0 Å². The van der Waals surface area contributed by atoms with E-state index in [1.165, 1.54) is 7.05 Å². The molecule has 0 radical (unpaired) electrons. The van der Waals surface area contributed by atoms with Crippen molar-refractivity contribution in [1.82, 2.24) is 5.06 Å². The van der Waals surface area contributed by atoms with Crippen LogP contribution < -0.4 is 0 Å². The minimum absolute atomic E-state index is 0.188. The van der Waals surface area contributed by atoms with Crippen molar-refractivity contribution in [2.75, 3.05) is 13.3 Å². The standard InChI is InChI=1S/C4H11NO3Si/c1-5(4(6)7)8-3-9-2/h3,9H2,1-2H3,(H,6,7). The molecule has 1 amide bonds. The second-order valence-electron chi connectivity index (χ2n) is 1.61. The number of hydrogen-bond acceptors (Lipinski definition) is 2. The second kappa shape index (κ2) is 4.34. The van der Waals surface area contributed by atoms with Crippen LogP contribution in [-0.4, -0.2) is 39.1 Å². The minimum atomic E-state index is -1.04. The van der Waals surface area contributed by atoms with Crippen molar-refractivity contribution in [3.8, 4) is 0 Å². The zero-order chi connectivity index (χ0) is 7.28. The topological polar surface area (TPSA) is 49.8 Å². The van der Waals surface area contributed by atoms with E-state index in [9.17, 15) is 4.79 Å². The number of carboxylic acid groups (broad SMARTS) is 1. The maximum Gasteiger partial charge on any atom is 0.431 e. The van der Waals surface area contributed by atoms with Crippen molar-refractivity contribution in [3.05, 3.63) is 0 Å². The summed E-state index contributed by atoms with van der Waals surface area (Å²) in [6.45, 7) is 2.05. The first-order chi connectivity index (χ1) is 4.18. The van der Waals surface area contributed by atoms with Crippen LogP contribution in [0.5, 0.6) is 0 Å². The van der Waals surface area contributed by atoms with Gasteiger partial charge in [-0.25, -0.2) is 4.79 Å². The Bertz CT molecular complexity index is 97.8. The van der Waals surface area contributed by atoms with Crippen molar-refractivity contribution in [2.24, 2.45) is 0 Å². The molecule has 0 spiro atoms. The smallest absolute Gasteiger partial charge is 0.431 e. The van der Waals surface area contributed by atoms with E-state index in [0.717, 1.165) is 5.06 Å². The van der Waals surface area contributed by atoms with Crippen molar-refractivity contribution < 1.29 is 14.7 Å². The predicted octanol–water partition coefficient (Wildman–Crippen LogP) is -0.298. The molecule has 0 aromatic carbocycles. The molecular formula is C4H11NO3Si. The first kappa shape index (κ1) is 8.45. The summed E-state index contributed by atoms with van der Waals surface area (Å²) in [4.78, 5) is 14.8. The number of nitrogens with zero attached hydrogens (tertiary/aromatic N) is 1. The minimum Gasteiger partial charge on any atom is -0.463 e. The quantitative estimate of drug-likeness (QED) is 0.443. The molecule has 0 bridgehead atoms. The van der Waals surface area contributed by atoms with Gasteiger partial charge in [-0.3, -0.25) is 4.84 Å². The number of hydrogen-bond donors (Lipinski definition) is 1. The van der Waals surface area contributed by atoms with E-state index < -0.39 is 6.09 Å². The molecule has 4 nitrogen and oxygen atoms in total. The van der Waals surface area contributed by atoms with Crippen LogP contribution in [-0.2, 0) is 4.84 Å². The summed E-state index contributed by atoms with van der Waals surface area (Å²) < 4.78 is 0. The molecule has 1 N–H and O–H groups in total. The number of rotatable bonds is 3. The van der Waals surface area contributed by atoms with E-state index in [4.69, 9.17) is 9.94 Å². The molecule has 0 heterocycles. The average Bonchev–Trinajstić information content (AvgIpc) is 1.82. The summed E-state index contributed by atoms with van der Waals surface area (Å²) in [6.07, 6.45) is -0.458. The number of hydroxylamine groups is 2. The van der Waals surface area contributed by atoms with Gasteiger partial charge in [0.1, 0.15) is 0 Å². The largest absolute Gasteiger partial charge is 0.463 e. The lowest BCUT2D eigenvalue weighted by Crippen LogP contribution is -2.26. The molecule has 0 atom stereocenters. The van der Waals surface area contributed by atoms with Crippen molar-refractivity contribution in [1.29, 1.82) is 0 Å². The summed E-state index contributed by atoms with van der Waals surface area (Å²) in [5.74, 6) is 0. The molecule has 0 aliphatic carbocycles. The predicted molar refractivity (Wildman–Crippen MR) is 36.1 cm³/mol. The van der Waals surface area contributed by atoms with Gasteiger partial charge in [0.15, 0.2) is 0 Å². The van der Waals surface area contributed by atoms with Crippen molar-refractivity contribution in [2.45, 2.75) is 6.55 Å². The summed E-state index contributed by atoms with van der Waals surface area (Å²) in [5, 5.41) is 9.05. The Morgan fingerprint density at radius 2 is 2.44 bits per heavy atom. The Morgan fingerprint density at radius 1 is 1.89 bits per heavy atom. The highest BCUT2D eigenvalue weighted by Crippen LogP contribution is 1.83. The van der Waals surface area contributed by atoms with Crippen LogP contribution in [0.4, 0.5) is 4.79 Å². The van der Waals surface area contributed by atoms with Gasteiger partial charge in [0.05, 0.1) is 15.7 Å². The second-order valence-corrected chi connectivity index (χ2v) is 3.02. The lowest BCUT2D eigenvalue weighted by molar-refractivity contribution is -0.0928. The zero-order valence-electron chi connectivity index (χ0n) is 5.63. The molecule has 0 saturated heterocycles. The Hall–Kier alpha value is -0.553. The van der Waals surface area contributed by atoms with E-state index in [-0.39, 0.29) is 9.52 Å². The monoisotopic (exact) mass is 149 g/mol. The highest BCUT2D eigenvalue weighted by Gasteiger charge is 2.02. The van der Waals surface area contributed by atoms with Crippen LogP contribution >= 0.6 is 0 Å². The number of carbonyl (C=O) groups is 1. The lowest BCUT2D eigenvalue weighted by Gasteiger charge is -2.10. The molecule has 0 rings (SSSR count). The summed E-state index contributed by atoms with van der Waals surface area (Å²) >= 11 is 0. The van der Waals surface area contributed by atoms with E-state index in [0.29, 0.717) is 6.23 Å². The molecule has 9 heavy (non-hydrogen) atoms. The molecule has 0 aliphatic rings. The summed E-state index contributed by atoms with van der Waals surface area (Å²) in [7, 11) is 1.19.